The first-order valence-corrected chi connectivity index (χ1v) is 23.1. The van der Waals surface area contributed by atoms with Gasteiger partial charge in [0.1, 0.15) is 0 Å². The van der Waals surface area contributed by atoms with Gasteiger partial charge in [0.15, 0.2) is 0 Å². The van der Waals surface area contributed by atoms with Crippen molar-refractivity contribution in [2.24, 2.45) is 0 Å². The highest BCUT2D eigenvalue weighted by atomic mass is 15.1. The number of fused-ring (bicyclic) bond motifs is 12. The van der Waals surface area contributed by atoms with Crippen molar-refractivity contribution in [3.63, 3.8) is 0 Å². The Kier molecular flexibility index (Phi) is 8.84. The van der Waals surface area contributed by atoms with Crippen molar-refractivity contribution in [3.05, 3.63) is 224 Å². The number of anilines is 6. The van der Waals surface area contributed by atoms with Crippen LogP contribution in [-0.2, 0) is 0 Å². The van der Waals surface area contributed by atoms with Crippen LogP contribution in [0.25, 0.3) is 92.1 Å². The van der Waals surface area contributed by atoms with Crippen molar-refractivity contribution in [3.8, 4) is 5.69 Å². The normalized spacial score (nSPS) is 11.8. The third kappa shape index (κ3) is 6.14. The van der Waals surface area contributed by atoms with E-state index in [1.54, 1.807) is 0 Å². The number of benzene rings is 12. The molecule has 67 heavy (non-hydrogen) atoms. The van der Waals surface area contributed by atoms with Crippen LogP contribution in [0.1, 0.15) is 0 Å². The smallest absolute Gasteiger partial charge is 0.0542 e. The molecule has 0 atom stereocenters. The molecule has 0 saturated carbocycles. The van der Waals surface area contributed by atoms with Crippen molar-refractivity contribution < 1.29 is 0 Å². The highest BCUT2D eigenvalue weighted by Crippen LogP contribution is 2.43. The minimum absolute atomic E-state index is 1.11. The molecule has 0 spiro atoms. The van der Waals surface area contributed by atoms with E-state index in [-0.39, 0.29) is 0 Å². The zero-order valence-corrected chi connectivity index (χ0v) is 37.7. The van der Waals surface area contributed by atoms with Gasteiger partial charge in [-0.05, 0) is 127 Å². The first-order valence-electron chi connectivity index (χ1n) is 23.1. The van der Waals surface area contributed by atoms with Gasteiger partial charge in [-0.2, -0.15) is 0 Å². The lowest BCUT2D eigenvalue weighted by atomic mass is 9.99. The van der Waals surface area contributed by atoms with E-state index in [1.807, 2.05) is 0 Å². The van der Waals surface area contributed by atoms with Gasteiger partial charge in [-0.15, -0.1) is 0 Å². The van der Waals surface area contributed by atoms with E-state index in [0.717, 1.165) is 33.8 Å². The first kappa shape index (κ1) is 38.8. The van der Waals surface area contributed by atoms with E-state index < -0.39 is 0 Å². The Balaban J connectivity index is 0.969. The predicted molar refractivity (Wildman–Crippen MR) is 289 cm³/mol. The third-order valence-corrected chi connectivity index (χ3v) is 14.3. The van der Waals surface area contributed by atoms with Crippen molar-refractivity contribution >= 4 is 121 Å². The van der Waals surface area contributed by atoms with Crippen LogP contribution < -0.4 is 14.7 Å². The summed E-state index contributed by atoms with van der Waals surface area (Å²) in [4.78, 5) is 7.03. The molecule has 1 aromatic heterocycles. The summed E-state index contributed by atoms with van der Waals surface area (Å²) in [5.41, 5.74) is 10.4. The fourth-order valence-electron chi connectivity index (χ4n) is 10.9. The molecule has 13 rings (SSSR count). The molecule has 4 nitrogen and oxygen atoms in total. The Bertz CT molecular complexity index is 3930. The molecule has 1 heterocycles. The molecule has 0 fully saturated rings. The fourth-order valence-corrected chi connectivity index (χ4v) is 10.9. The molecule has 0 radical (unpaired) electrons. The van der Waals surface area contributed by atoms with Gasteiger partial charge in [0.05, 0.1) is 11.0 Å². The summed E-state index contributed by atoms with van der Waals surface area (Å²) in [6, 6.07) is 82.5. The lowest BCUT2D eigenvalue weighted by Crippen LogP contribution is -2.10. The molecule has 12 aromatic carbocycles. The Labute approximate surface area is 389 Å². The van der Waals surface area contributed by atoms with Gasteiger partial charge in [0.25, 0.3) is 0 Å². The Morgan fingerprint density at radius 1 is 0.254 bits per heavy atom. The summed E-state index contributed by atoms with van der Waals surface area (Å²) in [5.74, 6) is 0. The quantitative estimate of drug-likeness (QED) is 0.148. The molecule has 0 aliphatic rings. The number of hydrogen-bond donors (Lipinski definition) is 0. The molecule has 0 N–H and O–H groups in total. The van der Waals surface area contributed by atoms with Crippen LogP contribution in [0.15, 0.2) is 224 Å². The second kappa shape index (κ2) is 15.3. The summed E-state index contributed by atoms with van der Waals surface area (Å²) in [6.07, 6.45) is 0. The van der Waals surface area contributed by atoms with E-state index in [4.69, 9.17) is 0 Å². The standard InChI is InChI=1S/C63H46N4/c1-64(61-36-41-16-4-7-19-48(41)51-22-10-13-25-54(51)61)44-28-30-45(31-29-44)67-59-34-32-46(65(2)62-37-42-17-5-8-20-49(42)52-23-11-14-26-55(52)62)39-57(59)58-40-47(33-35-60(58)67)66(3)63-38-43-18-6-9-21-50(43)53-24-12-15-27-56(53)63/h4-40H,1-3H3. The van der Waals surface area contributed by atoms with Gasteiger partial charge in [-0.25, -0.2) is 0 Å². The van der Waals surface area contributed by atoms with Gasteiger partial charge in [0.2, 0.25) is 0 Å². The Morgan fingerprint density at radius 2 is 0.552 bits per heavy atom. The molecular formula is C63H46N4. The van der Waals surface area contributed by atoms with E-state index in [9.17, 15) is 0 Å². The maximum absolute atomic E-state index is 2.43. The maximum atomic E-state index is 2.43. The minimum atomic E-state index is 1.11. The van der Waals surface area contributed by atoms with Crippen molar-refractivity contribution in [1.29, 1.82) is 0 Å². The van der Waals surface area contributed by atoms with E-state index in [2.05, 4.69) is 265 Å². The van der Waals surface area contributed by atoms with Gasteiger partial charge < -0.3 is 19.3 Å². The van der Waals surface area contributed by atoms with Crippen LogP contribution in [0.3, 0.4) is 0 Å². The Morgan fingerprint density at radius 3 is 0.925 bits per heavy atom. The van der Waals surface area contributed by atoms with Crippen molar-refractivity contribution in [1.82, 2.24) is 4.57 Å². The highest BCUT2D eigenvalue weighted by Gasteiger charge is 2.20. The van der Waals surface area contributed by atoms with Crippen molar-refractivity contribution in [2.75, 3.05) is 35.8 Å². The van der Waals surface area contributed by atoms with Crippen LogP contribution in [0, 0.1) is 0 Å². The largest absolute Gasteiger partial charge is 0.344 e. The van der Waals surface area contributed by atoms with Crippen LogP contribution >= 0.6 is 0 Å². The molecule has 4 heteroatoms. The van der Waals surface area contributed by atoms with Crippen LogP contribution in [0.2, 0.25) is 0 Å². The summed E-state index contributed by atoms with van der Waals surface area (Å²) in [6.45, 7) is 0. The fraction of sp³-hybridized carbons (Fsp3) is 0.0476. The van der Waals surface area contributed by atoms with Gasteiger partial charge in [-0.1, -0.05) is 146 Å². The molecule has 0 aliphatic carbocycles. The van der Waals surface area contributed by atoms with Gasteiger partial charge >= 0.3 is 0 Å². The third-order valence-electron chi connectivity index (χ3n) is 14.3. The monoisotopic (exact) mass is 858 g/mol. The first-order chi connectivity index (χ1) is 33.0. The van der Waals surface area contributed by atoms with Crippen LogP contribution in [0.4, 0.5) is 34.1 Å². The SMILES string of the molecule is CN(c1ccc(-n2c3ccc(N(C)c4cc5ccccc5c5ccccc45)cc3c3cc(N(C)c4cc5ccccc5c5ccccc45)ccc32)cc1)c1cc2ccccc2c2ccccc12. The summed E-state index contributed by atoms with van der Waals surface area (Å²) < 4.78 is 2.43. The number of nitrogens with zero attached hydrogens (tertiary/aromatic N) is 4. The van der Waals surface area contributed by atoms with Gasteiger partial charge in [0, 0.05) is 87.9 Å². The lowest BCUT2D eigenvalue weighted by molar-refractivity contribution is 1.16. The molecular weight excluding hydrogens is 813 g/mol. The van der Waals surface area contributed by atoms with Crippen LogP contribution in [-0.4, -0.2) is 25.7 Å². The average Bonchev–Trinajstić information content (AvgIpc) is 3.72. The Hall–Kier alpha value is -8.60. The molecule has 0 saturated heterocycles. The summed E-state index contributed by atoms with van der Waals surface area (Å²) in [7, 11) is 6.59. The summed E-state index contributed by atoms with van der Waals surface area (Å²) >= 11 is 0. The summed E-state index contributed by atoms with van der Waals surface area (Å²) in [5, 5.41) is 17.4. The zero-order chi connectivity index (χ0) is 44.8. The van der Waals surface area contributed by atoms with E-state index in [1.165, 1.54) is 92.5 Å². The molecule has 0 unspecified atom stereocenters. The zero-order valence-electron chi connectivity index (χ0n) is 37.7. The molecule has 318 valence electrons. The molecule has 0 bridgehead atoms. The van der Waals surface area contributed by atoms with E-state index in [0.29, 0.717) is 0 Å². The average molecular weight is 859 g/mol. The maximum Gasteiger partial charge on any atom is 0.0542 e. The molecule has 0 amide bonds. The van der Waals surface area contributed by atoms with Crippen molar-refractivity contribution in [2.45, 2.75) is 0 Å². The topological polar surface area (TPSA) is 14.7 Å². The number of aromatic nitrogens is 1. The van der Waals surface area contributed by atoms with Gasteiger partial charge in [-0.3, -0.25) is 0 Å². The number of rotatable bonds is 7. The minimum Gasteiger partial charge on any atom is -0.344 e. The van der Waals surface area contributed by atoms with E-state index >= 15 is 0 Å². The lowest BCUT2D eigenvalue weighted by Gasteiger charge is -2.23. The molecule has 13 aromatic rings. The number of hydrogen-bond acceptors (Lipinski definition) is 3. The highest BCUT2D eigenvalue weighted by molar-refractivity contribution is 6.17. The second-order valence-electron chi connectivity index (χ2n) is 17.9. The molecule has 0 aliphatic heterocycles. The second-order valence-corrected chi connectivity index (χ2v) is 17.9. The predicted octanol–water partition coefficient (Wildman–Crippen LogP) is 17.0. The van der Waals surface area contributed by atoms with Crippen LogP contribution in [0.5, 0.6) is 0 Å².